The molecule has 0 spiro atoms. The SMILES string of the molecule is C[C@@H]1CN(c2cccc([C@@H](C)NC(=O)/C=C/c3cc(F)ccc3F)c2)C[C@H](C)O1. The number of ether oxygens (including phenoxy) is 1. The maximum atomic E-state index is 13.7. The molecule has 1 heterocycles. The topological polar surface area (TPSA) is 41.6 Å². The van der Waals surface area contributed by atoms with Crippen molar-refractivity contribution in [2.45, 2.75) is 39.0 Å². The Morgan fingerprint density at radius 3 is 2.62 bits per heavy atom. The monoisotopic (exact) mass is 400 g/mol. The Morgan fingerprint density at radius 2 is 1.90 bits per heavy atom. The van der Waals surface area contributed by atoms with Crippen molar-refractivity contribution in [1.29, 1.82) is 0 Å². The summed E-state index contributed by atoms with van der Waals surface area (Å²) in [5, 5.41) is 2.86. The van der Waals surface area contributed by atoms with E-state index < -0.39 is 11.6 Å². The van der Waals surface area contributed by atoms with Crippen LogP contribution in [0.5, 0.6) is 0 Å². The van der Waals surface area contributed by atoms with Crippen molar-refractivity contribution in [2.24, 2.45) is 0 Å². The number of morpholine rings is 1. The minimum atomic E-state index is -0.579. The molecule has 0 aliphatic carbocycles. The number of carbonyl (C=O) groups excluding carboxylic acids is 1. The van der Waals surface area contributed by atoms with Crippen LogP contribution in [0.2, 0.25) is 0 Å². The molecule has 6 heteroatoms. The second-order valence-electron chi connectivity index (χ2n) is 7.49. The van der Waals surface area contributed by atoms with E-state index in [4.69, 9.17) is 4.74 Å². The maximum absolute atomic E-state index is 13.7. The zero-order valence-corrected chi connectivity index (χ0v) is 16.9. The zero-order valence-electron chi connectivity index (χ0n) is 16.9. The van der Waals surface area contributed by atoms with Crippen LogP contribution in [-0.2, 0) is 9.53 Å². The van der Waals surface area contributed by atoms with Crippen molar-refractivity contribution in [2.75, 3.05) is 18.0 Å². The predicted molar refractivity (Wildman–Crippen MR) is 111 cm³/mol. The average molecular weight is 400 g/mol. The number of hydrogen-bond acceptors (Lipinski definition) is 3. The Labute approximate surface area is 170 Å². The van der Waals surface area contributed by atoms with E-state index in [2.05, 4.69) is 36.2 Å². The number of nitrogens with one attached hydrogen (secondary N) is 1. The second-order valence-corrected chi connectivity index (χ2v) is 7.49. The average Bonchev–Trinajstić information content (AvgIpc) is 2.68. The summed E-state index contributed by atoms with van der Waals surface area (Å²) in [7, 11) is 0. The van der Waals surface area contributed by atoms with E-state index in [1.54, 1.807) is 0 Å². The van der Waals surface area contributed by atoms with Gasteiger partial charge in [0.05, 0.1) is 18.2 Å². The van der Waals surface area contributed by atoms with Crippen LogP contribution >= 0.6 is 0 Å². The minimum absolute atomic E-state index is 0.0327. The standard InChI is InChI=1S/C23H26F2N2O2/c1-15-13-27(14-16(2)29-15)21-6-4-5-18(12-21)17(3)26-23(28)10-7-19-11-20(24)8-9-22(19)25/h4-12,15-17H,13-14H2,1-3H3,(H,26,28)/b10-7+/t15-,16+,17-/m1/s1. The fourth-order valence-electron chi connectivity index (χ4n) is 3.53. The molecule has 3 atom stereocenters. The normalized spacial score (nSPS) is 20.7. The minimum Gasteiger partial charge on any atom is -0.372 e. The molecule has 1 fully saturated rings. The van der Waals surface area contributed by atoms with Gasteiger partial charge in [-0.15, -0.1) is 0 Å². The molecule has 1 N–H and O–H groups in total. The van der Waals surface area contributed by atoms with Gasteiger partial charge in [-0.05, 0) is 62.7 Å². The Hall–Kier alpha value is -2.73. The van der Waals surface area contributed by atoms with Gasteiger partial charge in [0.25, 0.3) is 0 Å². The molecular formula is C23H26F2N2O2. The number of benzene rings is 2. The van der Waals surface area contributed by atoms with Gasteiger partial charge in [-0.25, -0.2) is 8.78 Å². The summed E-state index contributed by atoms with van der Waals surface area (Å²) in [6.07, 6.45) is 2.80. The Morgan fingerprint density at radius 1 is 1.17 bits per heavy atom. The van der Waals surface area contributed by atoms with Crippen LogP contribution in [0.25, 0.3) is 6.08 Å². The number of halogens is 2. The highest BCUT2D eigenvalue weighted by atomic mass is 19.1. The highest BCUT2D eigenvalue weighted by molar-refractivity contribution is 5.92. The van der Waals surface area contributed by atoms with Crippen LogP contribution < -0.4 is 10.2 Å². The molecule has 2 aromatic carbocycles. The highest BCUT2D eigenvalue weighted by Crippen LogP contribution is 2.24. The summed E-state index contributed by atoms with van der Waals surface area (Å²) in [4.78, 5) is 14.5. The Kier molecular flexibility index (Phi) is 6.64. The summed E-state index contributed by atoms with van der Waals surface area (Å²) < 4.78 is 32.7. The first-order chi connectivity index (χ1) is 13.8. The number of anilines is 1. The number of hydrogen-bond donors (Lipinski definition) is 1. The van der Waals surface area contributed by atoms with Crippen molar-refractivity contribution >= 4 is 17.7 Å². The van der Waals surface area contributed by atoms with Crippen LogP contribution in [0.4, 0.5) is 14.5 Å². The molecule has 1 saturated heterocycles. The second kappa shape index (κ2) is 9.18. The third-order valence-electron chi connectivity index (χ3n) is 4.89. The van der Waals surface area contributed by atoms with Crippen LogP contribution in [0.15, 0.2) is 48.5 Å². The van der Waals surface area contributed by atoms with Gasteiger partial charge in [-0.3, -0.25) is 4.79 Å². The zero-order chi connectivity index (χ0) is 21.0. The lowest BCUT2D eigenvalue weighted by molar-refractivity contribution is -0.117. The Balaban J connectivity index is 1.66. The van der Waals surface area contributed by atoms with Gasteiger partial charge in [-0.2, -0.15) is 0 Å². The van der Waals surface area contributed by atoms with Gasteiger partial charge in [0, 0.05) is 30.4 Å². The molecule has 1 aliphatic rings. The van der Waals surface area contributed by atoms with Gasteiger partial charge in [-0.1, -0.05) is 12.1 Å². The fraction of sp³-hybridized carbons (Fsp3) is 0.348. The lowest BCUT2D eigenvalue weighted by atomic mass is 10.1. The smallest absolute Gasteiger partial charge is 0.244 e. The van der Waals surface area contributed by atoms with E-state index in [0.29, 0.717) is 0 Å². The van der Waals surface area contributed by atoms with Gasteiger partial charge < -0.3 is 15.0 Å². The van der Waals surface area contributed by atoms with E-state index in [1.165, 1.54) is 12.2 Å². The van der Waals surface area contributed by atoms with E-state index in [0.717, 1.165) is 42.5 Å². The van der Waals surface area contributed by atoms with Crippen molar-refractivity contribution < 1.29 is 18.3 Å². The quantitative estimate of drug-likeness (QED) is 0.753. The molecule has 0 saturated carbocycles. The number of amides is 1. The number of rotatable bonds is 5. The molecule has 0 unspecified atom stereocenters. The van der Waals surface area contributed by atoms with Gasteiger partial charge in [0.2, 0.25) is 5.91 Å². The lowest BCUT2D eigenvalue weighted by Crippen LogP contribution is -2.45. The van der Waals surface area contributed by atoms with Gasteiger partial charge >= 0.3 is 0 Å². The third kappa shape index (κ3) is 5.64. The summed E-state index contributed by atoms with van der Waals surface area (Å²) in [6, 6.07) is 10.9. The van der Waals surface area contributed by atoms with Crippen molar-refractivity contribution in [1.82, 2.24) is 5.32 Å². The molecule has 1 amide bonds. The van der Waals surface area contributed by atoms with Crippen molar-refractivity contribution in [3.8, 4) is 0 Å². The van der Waals surface area contributed by atoms with Crippen LogP contribution in [0.3, 0.4) is 0 Å². The van der Waals surface area contributed by atoms with Crippen LogP contribution in [-0.4, -0.2) is 31.2 Å². The summed E-state index contributed by atoms with van der Waals surface area (Å²) >= 11 is 0. The first-order valence-corrected chi connectivity index (χ1v) is 9.76. The molecule has 0 aromatic heterocycles. The molecule has 1 aliphatic heterocycles. The number of carbonyl (C=O) groups is 1. The molecule has 3 rings (SSSR count). The van der Waals surface area contributed by atoms with E-state index in [-0.39, 0.29) is 29.7 Å². The number of nitrogens with zero attached hydrogens (tertiary/aromatic N) is 1. The van der Waals surface area contributed by atoms with E-state index in [1.807, 2.05) is 19.1 Å². The maximum Gasteiger partial charge on any atom is 0.244 e. The summed E-state index contributed by atoms with van der Waals surface area (Å²) in [5.74, 6) is -1.51. The Bertz CT molecular complexity index is 890. The fourth-order valence-corrected chi connectivity index (χ4v) is 3.53. The van der Waals surface area contributed by atoms with Crippen molar-refractivity contribution in [3.05, 3.63) is 71.3 Å². The molecule has 2 aromatic rings. The predicted octanol–water partition coefficient (Wildman–Crippen LogP) is 4.47. The first kappa shape index (κ1) is 21.0. The van der Waals surface area contributed by atoms with Crippen LogP contribution in [0, 0.1) is 11.6 Å². The molecular weight excluding hydrogens is 374 g/mol. The summed E-state index contributed by atoms with van der Waals surface area (Å²) in [6.45, 7) is 7.64. The summed E-state index contributed by atoms with van der Waals surface area (Å²) in [5.41, 5.74) is 2.08. The highest BCUT2D eigenvalue weighted by Gasteiger charge is 2.22. The lowest BCUT2D eigenvalue weighted by Gasteiger charge is -2.37. The first-order valence-electron chi connectivity index (χ1n) is 9.76. The van der Waals surface area contributed by atoms with E-state index in [9.17, 15) is 13.6 Å². The molecule has 0 bridgehead atoms. The third-order valence-corrected chi connectivity index (χ3v) is 4.89. The molecule has 4 nitrogen and oxygen atoms in total. The molecule has 154 valence electrons. The molecule has 0 radical (unpaired) electrons. The largest absolute Gasteiger partial charge is 0.372 e. The van der Waals surface area contributed by atoms with Crippen molar-refractivity contribution in [3.63, 3.8) is 0 Å². The van der Waals surface area contributed by atoms with Crippen LogP contribution in [0.1, 0.15) is 37.9 Å². The van der Waals surface area contributed by atoms with Gasteiger partial charge in [0.1, 0.15) is 11.6 Å². The van der Waals surface area contributed by atoms with Gasteiger partial charge in [0.15, 0.2) is 0 Å². The van der Waals surface area contributed by atoms with E-state index >= 15 is 0 Å². The molecule has 29 heavy (non-hydrogen) atoms.